The molecule has 1 heterocycles. The molecule has 0 spiro atoms. The van der Waals surface area contributed by atoms with E-state index < -0.39 is 0 Å². The Morgan fingerprint density at radius 2 is 2.11 bits per heavy atom. The SMILES string of the molecule is Cc1nn(C)c(CC(CO)c2ccccc2F)c1Br. The molecule has 19 heavy (non-hydrogen) atoms. The molecule has 5 heteroatoms. The summed E-state index contributed by atoms with van der Waals surface area (Å²) in [4.78, 5) is 0. The van der Waals surface area contributed by atoms with Gasteiger partial charge in [-0.2, -0.15) is 5.10 Å². The van der Waals surface area contributed by atoms with E-state index in [0.717, 1.165) is 15.9 Å². The molecule has 0 radical (unpaired) electrons. The number of aryl methyl sites for hydroxylation is 2. The average Bonchev–Trinajstić information content (AvgIpc) is 2.63. The number of hydrogen-bond acceptors (Lipinski definition) is 2. The first-order chi connectivity index (χ1) is 9.04. The van der Waals surface area contributed by atoms with E-state index in [4.69, 9.17) is 0 Å². The number of halogens is 2. The Kier molecular flexibility index (Phi) is 4.37. The van der Waals surface area contributed by atoms with Crippen LogP contribution in [-0.4, -0.2) is 21.5 Å². The number of nitrogens with zero attached hydrogens (tertiary/aromatic N) is 2. The molecule has 1 aromatic heterocycles. The van der Waals surface area contributed by atoms with Gasteiger partial charge in [0.1, 0.15) is 5.82 Å². The van der Waals surface area contributed by atoms with E-state index >= 15 is 0 Å². The number of benzene rings is 1. The van der Waals surface area contributed by atoms with Crippen molar-refractivity contribution in [2.75, 3.05) is 6.61 Å². The summed E-state index contributed by atoms with van der Waals surface area (Å²) in [6, 6.07) is 6.57. The summed E-state index contributed by atoms with van der Waals surface area (Å²) in [6.45, 7) is 1.81. The molecule has 1 unspecified atom stereocenters. The average molecular weight is 327 g/mol. The zero-order valence-electron chi connectivity index (χ0n) is 10.9. The predicted molar refractivity (Wildman–Crippen MR) is 75.6 cm³/mol. The molecule has 0 aliphatic rings. The number of aliphatic hydroxyl groups excluding tert-OH is 1. The molecule has 3 nitrogen and oxygen atoms in total. The highest BCUT2D eigenvalue weighted by molar-refractivity contribution is 9.10. The molecule has 0 saturated heterocycles. The van der Waals surface area contributed by atoms with Crippen molar-refractivity contribution in [2.24, 2.45) is 7.05 Å². The summed E-state index contributed by atoms with van der Waals surface area (Å²) in [5, 5.41) is 13.9. The van der Waals surface area contributed by atoms with E-state index in [1.165, 1.54) is 6.07 Å². The minimum Gasteiger partial charge on any atom is -0.396 e. The van der Waals surface area contributed by atoms with Crippen molar-refractivity contribution >= 4 is 15.9 Å². The van der Waals surface area contributed by atoms with Gasteiger partial charge in [-0.15, -0.1) is 0 Å². The first-order valence-electron chi connectivity index (χ1n) is 6.07. The van der Waals surface area contributed by atoms with Crippen LogP contribution in [0.2, 0.25) is 0 Å². The molecule has 2 aromatic rings. The fourth-order valence-electron chi connectivity index (χ4n) is 2.21. The predicted octanol–water partition coefficient (Wildman–Crippen LogP) is 2.95. The second-order valence-electron chi connectivity index (χ2n) is 4.57. The number of aromatic nitrogens is 2. The minimum atomic E-state index is -0.281. The molecule has 0 amide bonds. The third-order valence-electron chi connectivity index (χ3n) is 3.27. The van der Waals surface area contributed by atoms with Gasteiger partial charge < -0.3 is 5.11 Å². The van der Waals surface area contributed by atoms with Crippen LogP contribution in [0.5, 0.6) is 0 Å². The van der Waals surface area contributed by atoms with Gasteiger partial charge in [-0.1, -0.05) is 18.2 Å². The van der Waals surface area contributed by atoms with Crippen molar-refractivity contribution in [1.82, 2.24) is 9.78 Å². The standard InChI is InChI=1S/C14H16BrFN2O/c1-9-14(15)13(18(2)17-9)7-10(8-19)11-5-3-4-6-12(11)16/h3-6,10,19H,7-8H2,1-2H3. The van der Waals surface area contributed by atoms with Crippen LogP contribution in [-0.2, 0) is 13.5 Å². The summed E-state index contributed by atoms with van der Waals surface area (Å²) >= 11 is 3.49. The molecular weight excluding hydrogens is 311 g/mol. The van der Waals surface area contributed by atoms with Crippen molar-refractivity contribution in [3.63, 3.8) is 0 Å². The van der Waals surface area contributed by atoms with Crippen molar-refractivity contribution < 1.29 is 9.50 Å². The Balaban J connectivity index is 2.32. The topological polar surface area (TPSA) is 38.0 Å². The zero-order valence-corrected chi connectivity index (χ0v) is 12.5. The van der Waals surface area contributed by atoms with Crippen LogP contribution in [0, 0.1) is 12.7 Å². The highest BCUT2D eigenvalue weighted by Gasteiger charge is 2.20. The maximum atomic E-state index is 13.8. The van der Waals surface area contributed by atoms with E-state index in [2.05, 4.69) is 21.0 Å². The molecule has 0 aliphatic carbocycles. The van der Waals surface area contributed by atoms with Crippen LogP contribution in [0.1, 0.15) is 22.9 Å². The molecule has 1 aromatic carbocycles. The second kappa shape index (κ2) is 5.84. The van der Waals surface area contributed by atoms with Crippen molar-refractivity contribution in [1.29, 1.82) is 0 Å². The summed E-state index contributed by atoms with van der Waals surface area (Å²) in [6.07, 6.45) is 0.537. The molecule has 0 aliphatic heterocycles. The molecule has 102 valence electrons. The van der Waals surface area contributed by atoms with Crippen LogP contribution in [0.4, 0.5) is 4.39 Å². The number of rotatable bonds is 4. The van der Waals surface area contributed by atoms with Gasteiger partial charge in [0.05, 0.1) is 22.5 Å². The lowest BCUT2D eigenvalue weighted by Crippen LogP contribution is -2.12. The first kappa shape index (κ1) is 14.2. The highest BCUT2D eigenvalue weighted by atomic mass is 79.9. The fourth-order valence-corrected chi connectivity index (χ4v) is 2.71. The van der Waals surface area contributed by atoms with E-state index in [1.54, 1.807) is 22.9 Å². The van der Waals surface area contributed by atoms with Gasteiger partial charge >= 0.3 is 0 Å². The van der Waals surface area contributed by atoms with Crippen LogP contribution in [0.3, 0.4) is 0 Å². The Morgan fingerprint density at radius 1 is 1.42 bits per heavy atom. The van der Waals surface area contributed by atoms with Gasteiger partial charge in [0.25, 0.3) is 0 Å². The molecular formula is C14H16BrFN2O. The largest absolute Gasteiger partial charge is 0.396 e. The summed E-state index contributed by atoms with van der Waals surface area (Å²) in [5.74, 6) is -0.552. The van der Waals surface area contributed by atoms with Gasteiger partial charge in [-0.05, 0) is 40.9 Å². The Bertz CT molecular complexity index is 583. The van der Waals surface area contributed by atoms with Crippen LogP contribution in [0.25, 0.3) is 0 Å². The van der Waals surface area contributed by atoms with E-state index in [1.807, 2.05) is 14.0 Å². The summed E-state index contributed by atoms with van der Waals surface area (Å²) in [5.41, 5.74) is 2.39. The second-order valence-corrected chi connectivity index (χ2v) is 5.37. The van der Waals surface area contributed by atoms with Gasteiger partial charge in [-0.3, -0.25) is 4.68 Å². The molecule has 0 fully saturated rings. The lowest BCUT2D eigenvalue weighted by Gasteiger charge is -2.16. The Labute approximate surface area is 120 Å². The lowest BCUT2D eigenvalue weighted by atomic mass is 9.94. The van der Waals surface area contributed by atoms with E-state index in [9.17, 15) is 9.50 Å². The van der Waals surface area contributed by atoms with E-state index in [-0.39, 0.29) is 18.3 Å². The van der Waals surface area contributed by atoms with Crippen molar-refractivity contribution in [3.05, 3.63) is 51.5 Å². The summed E-state index contributed by atoms with van der Waals surface area (Å²) in [7, 11) is 1.85. The monoisotopic (exact) mass is 326 g/mol. The molecule has 0 saturated carbocycles. The molecule has 2 rings (SSSR count). The van der Waals surface area contributed by atoms with Crippen LogP contribution in [0.15, 0.2) is 28.7 Å². The zero-order chi connectivity index (χ0) is 14.0. The van der Waals surface area contributed by atoms with Crippen LogP contribution >= 0.6 is 15.9 Å². The Hall–Kier alpha value is -1.20. The van der Waals surface area contributed by atoms with Crippen LogP contribution < -0.4 is 0 Å². The van der Waals surface area contributed by atoms with Gasteiger partial charge in [0.15, 0.2) is 0 Å². The lowest BCUT2D eigenvalue weighted by molar-refractivity contribution is 0.260. The fraction of sp³-hybridized carbons (Fsp3) is 0.357. The normalized spacial score (nSPS) is 12.7. The van der Waals surface area contributed by atoms with Gasteiger partial charge in [0, 0.05) is 13.0 Å². The van der Waals surface area contributed by atoms with E-state index in [0.29, 0.717) is 12.0 Å². The maximum Gasteiger partial charge on any atom is 0.126 e. The first-order valence-corrected chi connectivity index (χ1v) is 6.87. The molecule has 0 bridgehead atoms. The Morgan fingerprint density at radius 3 is 2.63 bits per heavy atom. The molecule has 1 N–H and O–H groups in total. The smallest absolute Gasteiger partial charge is 0.126 e. The van der Waals surface area contributed by atoms with Crippen molar-refractivity contribution in [2.45, 2.75) is 19.3 Å². The summed E-state index contributed by atoms with van der Waals surface area (Å²) < 4.78 is 16.5. The van der Waals surface area contributed by atoms with Gasteiger partial charge in [0.2, 0.25) is 0 Å². The molecule has 1 atom stereocenters. The number of hydrogen-bond donors (Lipinski definition) is 1. The quantitative estimate of drug-likeness (QED) is 0.938. The third kappa shape index (κ3) is 2.87. The maximum absolute atomic E-state index is 13.8. The minimum absolute atomic E-state index is 0.0996. The third-order valence-corrected chi connectivity index (χ3v) is 4.30. The number of aliphatic hydroxyl groups is 1. The van der Waals surface area contributed by atoms with Gasteiger partial charge in [-0.25, -0.2) is 4.39 Å². The highest BCUT2D eigenvalue weighted by Crippen LogP contribution is 2.28. The van der Waals surface area contributed by atoms with Crippen molar-refractivity contribution in [3.8, 4) is 0 Å².